The fourth-order valence-electron chi connectivity index (χ4n) is 5.91. The van der Waals surface area contributed by atoms with Crippen molar-refractivity contribution < 1.29 is 31.1 Å². The first kappa shape index (κ1) is 36.4. The first-order valence-corrected chi connectivity index (χ1v) is 16.1. The molecule has 0 spiro atoms. The van der Waals surface area contributed by atoms with Gasteiger partial charge in [0, 0.05) is 6.42 Å². The zero-order valence-electron chi connectivity index (χ0n) is 26.8. The number of halogens is 1. The highest BCUT2D eigenvalue weighted by Gasteiger charge is 2.21. The summed E-state index contributed by atoms with van der Waals surface area (Å²) < 4.78 is 18.0. The monoisotopic (exact) mass is 580 g/mol. The normalized spacial score (nSPS) is 11.6. The molecule has 1 aromatic heterocycles. The first-order chi connectivity index (χ1) is 19.0. The maximum Gasteiger partial charge on any atom is 0.173 e. The van der Waals surface area contributed by atoms with E-state index in [4.69, 9.17) is 14.2 Å². The second kappa shape index (κ2) is 21.2. The lowest BCUT2D eigenvalue weighted by molar-refractivity contribution is -0.890. The summed E-state index contributed by atoms with van der Waals surface area (Å²) in [5.74, 6) is 2.34. The van der Waals surface area contributed by atoms with Gasteiger partial charge in [-0.15, -0.1) is 0 Å². The number of rotatable bonds is 24. The van der Waals surface area contributed by atoms with E-state index >= 15 is 0 Å². The van der Waals surface area contributed by atoms with Gasteiger partial charge >= 0.3 is 0 Å². The Morgan fingerprint density at radius 1 is 0.600 bits per heavy atom. The highest BCUT2D eigenvalue weighted by Crippen LogP contribution is 2.42. The average molecular weight is 581 g/mol. The summed E-state index contributed by atoms with van der Waals surface area (Å²) in [7, 11) is 9.84. The molecule has 1 aromatic carbocycles. The van der Waals surface area contributed by atoms with Crippen molar-refractivity contribution in [1.29, 1.82) is 0 Å². The van der Waals surface area contributed by atoms with Crippen molar-refractivity contribution in [3.63, 3.8) is 0 Å². The molecule has 0 atom stereocenters. The maximum atomic E-state index is 5.81. The highest BCUT2D eigenvalue weighted by molar-refractivity contribution is 5.95. The van der Waals surface area contributed by atoms with Crippen molar-refractivity contribution >= 4 is 10.9 Å². The van der Waals surface area contributed by atoms with Crippen LogP contribution in [0.15, 0.2) is 12.1 Å². The molecule has 0 amide bonds. The van der Waals surface area contributed by atoms with Gasteiger partial charge < -0.3 is 36.1 Å². The van der Waals surface area contributed by atoms with Gasteiger partial charge in [0.1, 0.15) is 0 Å². The molecule has 232 valence electrons. The number of aryl methyl sites for hydroxylation is 1. The number of aromatic amines is 1. The lowest BCUT2D eigenvalue weighted by Gasteiger charge is -2.30. The predicted octanol–water partition coefficient (Wildman–Crippen LogP) is 6.47. The Bertz CT molecular complexity index is 912. The van der Waals surface area contributed by atoms with E-state index in [1.807, 2.05) is 12.1 Å². The van der Waals surface area contributed by atoms with Gasteiger partial charge in [0.2, 0.25) is 0 Å². The summed E-state index contributed by atoms with van der Waals surface area (Å²) >= 11 is 0. The Balaban J connectivity index is 0.00000800. The number of benzene rings is 1. The van der Waals surface area contributed by atoms with Crippen LogP contribution in [0.5, 0.6) is 17.2 Å². The second-order valence-corrected chi connectivity index (χ2v) is 12.2. The molecule has 40 heavy (non-hydrogen) atoms. The molecular weight excluding hydrogens is 520 g/mol. The van der Waals surface area contributed by atoms with Crippen LogP contribution in [-0.4, -0.2) is 58.0 Å². The summed E-state index contributed by atoms with van der Waals surface area (Å²) in [5, 5.41) is 0.969. The Kier molecular flexibility index (Phi) is 19.3. The standard InChI is InChI=1S/C34H61N2O3.ClH/c1-7-8-9-10-11-12-13-14-15-16-17-18-19-20-21-22-27-36(2,3)28-23-24-30-33(38-5)32-29(35-30)25-26-31(37-4)34(32)39-6;/h25-26,35H,7-24,27-28H2,1-6H3;1H/q+1;/p-1. The summed E-state index contributed by atoms with van der Waals surface area (Å²) in [5.41, 5.74) is 2.17. The van der Waals surface area contributed by atoms with E-state index in [0.717, 1.165) is 57.7 Å². The van der Waals surface area contributed by atoms with Crippen molar-refractivity contribution in [3.8, 4) is 17.2 Å². The van der Waals surface area contributed by atoms with Crippen molar-refractivity contribution in [1.82, 2.24) is 4.98 Å². The van der Waals surface area contributed by atoms with Crippen LogP contribution in [0.4, 0.5) is 0 Å². The number of methoxy groups -OCH3 is 3. The van der Waals surface area contributed by atoms with Gasteiger partial charge in [-0.2, -0.15) is 0 Å². The number of nitrogens with one attached hydrogen (secondary N) is 1. The molecule has 0 saturated heterocycles. The van der Waals surface area contributed by atoms with Crippen LogP contribution in [0.1, 0.15) is 122 Å². The van der Waals surface area contributed by atoms with Crippen LogP contribution in [0.3, 0.4) is 0 Å². The molecule has 0 aliphatic carbocycles. The van der Waals surface area contributed by atoms with Crippen LogP contribution in [0.25, 0.3) is 10.9 Å². The molecule has 6 heteroatoms. The third-order valence-electron chi connectivity index (χ3n) is 8.34. The number of aromatic nitrogens is 1. The summed E-state index contributed by atoms with van der Waals surface area (Å²) in [6.45, 7) is 4.72. The third-order valence-corrected chi connectivity index (χ3v) is 8.34. The number of hydrogen-bond acceptors (Lipinski definition) is 3. The number of quaternary nitrogens is 1. The van der Waals surface area contributed by atoms with E-state index in [2.05, 4.69) is 26.0 Å². The number of nitrogens with zero attached hydrogens (tertiary/aromatic N) is 1. The summed E-state index contributed by atoms with van der Waals surface area (Å²) in [6, 6.07) is 3.99. The van der Waals surface area contributed by atoms with Gasteiger partial charge in [-0.1, -0.05) is 96.8 Å². The quantitative estimate of drug-likeness (QED) is 0.114. The smallest absolute Gasteiger partial charge is 0.173 e. The van der Waals surface area contributed by atoms with Gasteiger partial charge in [-0.25, -0.2) is 0 Å². The molecular formula is C34H61ClN2O3. The first-order valence-electron chi connectivity index (χ1n) is 16.1. The summed E-state index contributed by atoms with van der Waals surface area (Å²) in [4.78, 5) is 3.56. The molecule has 0 bridgehead atoms. The van der Waals surface area contributed by atoms with E-state index in [-0.39, 0.29) is 12.4 Å². The number of unbranched alkanes of at least 4 members (excludes halogenated alkanes) is 15. The van der Waals surface area contributed by atoms with Crippen molar-refractivity contribution in [3.05, 3.63) is 17.8 Å². The Hall–Kier alpha value is -1.59. The number of H-pyrrole nitrogens is 1. The lowest BCUT2D eigenvalue weighted by atomic mass is 10.0. The van der Waals surface area contributed by atoms with Crippen LogP contribution < -0.4 is 26.6 Å². The molecule has 0 fully saturated rings. The van der Waals surface area contributed by atoms with Gasteiger partial charge in [0.05, 0.1) is 65.1 Å². The maximum absolute atomic E-state index is 5.81. The highest BCUT2D eigenvalue weighted by atomic mass is 35.5. The summed E-state index contributed by atoms with van der Waals surface area (Å²) in [6.07, 6.45) is 24.9. The molecule has 5 nitrogen and oxygen atoms in total. The second-order valence-electron chi connectivity index (χ2n) is 12.2. The molecule has 1 N–H and O–H groups in total. The minimum absolute atomic E-state index is 0. The van der Waals surface area contributed by atoms with Crippen LogP contribution in [-0.2, 0) is 6.42 Å². The van der Waals surface area contributed by atoms with Gasteiger partial charge in [-0.3, -0.25) is 0 Å². The zero-order valence-corrected chi connectivity index (χ0v) is 27.6. The Morgan fingerprint density at radius 3 is 1.55 bits per heavy atom. The lowest BCUT2D eigenvalue weighted by Crippen LogP contribution is -3.00. The average Bonchev–Trinajstić information content (AvgIpc) is 3.29. The minimum atomic E-state index is 0. The van der Waals surface area contributed by atoms with Crippen molar-refractivity contribution in [2.75, 3.05) is 48.5 Å². The van der Waals surface area contributed by atoms with Gasteiger partial charge in [0.15, 0.2) is 17.2 Å². The van der Waals surface area contributed by atoms with Crippen LogP contribution >= 0.6 is 0 Å². The van der Waals surface area contributed by atoms with Crippen molar-refractivity contribution in [2.45, 2.75) is 122 Å². The Labute approximate surface area is 252 Å². The molecule has 0 aliphatic heterocycles. The number of ether oxygens (including phenoxy) is 3. The van der Waals surface area contributed by atoms with E-state index in [1.54, 1.807) is 21.3 Å². The minimum Gasteiger partial charge on any atom is -1.00 e. The van der Waals surface area contributed by atoms with Gasteiger partial charge in [0.25, 0.3) is 0 Å². The molecule has 1 heterocycles. The number of hydrogen-bond donors (Lipinski definition) is 1. The van der Waals surface area contributed by atoms with Crippen LogP contribution in [0, 0.1) is 0 Å². The largest absolute Gasteiger partial charge is 1.00 e. The molecule has 2 aromatic rings. The third kappa shape index (κ3) is 12.9. The van der Waals surface area contributed by atoms with E-state index < -0.39 is 0 Å². The SMILES string of the molecule is CCCCCCCCCCCCCCCCCC[N+](C)(C)CCCc1[nH]c2ccc(OC)c(OC)c2c1OC.[Cl-]. The number of fused-ring (bicyclic) bond motifs is 1. The fourth-order valence-corrected chi connectivity index (χ4v) is 5.91. The fraction of sp³-hybridized carbons (Fsp3) is 0.765. The van der Waals surface area contributed by atoms with Crippen molar-refractivity contribution in [2.24, 2.45) is 0 Å². The van der Waals surface area contributed by atoms with E-state index in [1.165, 1.54) is 109 Å². The molecule has 0 aliphatic rings. The molecule has 0 saturated carbocycles. The van der Waals surface area contributed by atoms with Gasteiger partial charge in [-0.05, 0) is 31.4 Å². The molecule has 0 radical (unpaired) electrons. The topological polar surface area (TPSA) is 43.5 Å². The van der Waals surface area contributed by atoms with E-state index in [0.29, 0.717) is 0 Å². The molecule has 2 rings (SSSR count). The molecule has 0 unspecified atom stereocenters. The Morgan fingerprint density at radius 2 is 1.07 bits per heavy atom. The predicted molar refractivity (Wildman–Crippen MR) is 168 cm³/mol. The zero-order chi connectivity index (χ0) is 28.3. The van der Waals surface area contributed by atoms with Crippen LogP contribution in [0.2, 0.25) is 0 Å². The van der Waals surface area contributed by atoms with E-state index in [9.17, 15) is 0 Å².